The highest BCUT2D eigenvalue weighted by Crippen LogP contribution is 2.18. The Labute approximate surface area is 142 Å². The third kappa shape index (κ3) is 5.50. The highest BCUT2D eigenvalue weighted by Gasteiger charge is 2.28. The minimum atomic E-state index is 0. The summed E-state index contributed by atoms with van der Waals surface area (Å²) in [7, 11) is 0. The molecule has 0 aliphatic carbocycles. The summed E-state index contributed by atoms with van der Waals surface area (Å²) in [5.41, 5.74) is 6.06. The van der Waals surface area contributed by atoms with E-state index in [2.05, 4.69) is 18.8 Å². The molecule has 1 aliphatic rings. The predicted molar refractivity (Wildman–Crippen MR) is 91.8 cm³/mol. The molecule has 1 aliphatic heterocycles. The molecule has 1 fully saturated rings. The Bertz CT molecular complexity index is 467. The Hall–Kier alpha value is -0.690. The van der Waals surface area contributed by atoms with E-state index in [9.17, 15) is 4.79 Å². The van der Waals surface area contributed by atoms with Crippen LogP contribution in [-0.2, 0) is 11.2 Å². The van der Waals surface area contributed by atoms with Gasteiger partial charge in [0.2, 0.25) is 0 Å². The largest absolute Gasteiger partial charge is 0.376 e. The van der Waals surface area contributed by atoms with Gasteiger partial charge in [0.25, 0.3) is 5.91 Å². The van der Waals surface area contributed by atoms with E-state index in [1.807, 2.05) is 10.3 Å². The molecule has 126 valence electrons. The Morgan fingerprint density at radius 3 is 3.05 bits per heavy atom. The SMILES string of the molecule is CC(C)CCOC1CCN(C(=O)c2csc(CCN)n2)C1.Cl. The lowest BCUT2D eigenvalue weighted by atomic mass is 10.1. The molecule has 0 aromatic carbocycles. The molecule has 22 heavy (non-hydrogen) atoms. The number of aromatic nitrogens is 1. The molecule has 5 nitrogen and oxygen atoms in total. The molecule has 1 saturated heterocycles. The third-order valence-corrected chi connectivity index (χ3v) is 4.52. The number of hydrogen-bond donors (Lipinski definition) is 1. The lowest BCUT2D eigenvalue weighted by Crippen LogP contribution is -2.30. The van der Waals surface area contributed by atoms with E-state index < -0.39 is 0 Å². The molecule has 0 spiro atoms. The maximum Gasteiger partial charge on any atom is 0.273 e. The molecule has 7 heteroatoms. The zero-order valence-electron chi connectivity index (χ0n) is 13.3. The molecule has 1 unspecified atom stereocenters. The fourth-order valence-corrected chi connectivity index (χ4v) is 3.12. The topological polar surface area (TPSA) is 68.5 Å². The van der Waals surface area contributed by atoms with Crippen molar-refractivity contribution in [3.63, 3.8) is 0 Å². The highest BCUT2D eigenvalue weighted by molar-refractivity contribution is 7.09. The van der Waals surface area contributed by atoms with Crippen LogP contribution in [0.4, 0.5) is 0 Å². The number of thiazole rings is 1. The van der Waals surface area contributed by atoms with Gasteiger partial charge in [0.15, 0.2) is 0 Å². The first-order valence-electron chi connectivity index (χ1n) is 7.65. The first kappa shape index (κ1) is 19.4. The van der Waals surface area contributed by atoms with E-state index in [1.54, 1.807) is 0 Å². The Morgan fingerprint density at radius 1 is 1.59 bits per heavy atom. The monoisotopic (exact) mass is 347 g/mol. The van der Waals surface area contributed by atoms with Gasteiger partial charge in [0.1, 0.15) is 5.69 Å². The van der Waals surface area contributed by atoms with Gasteiger partial charge in [-0.3, -0.25) is 4.79 Å². The summed E-state index contributed by atoms with van der Waals surface area (Å²) in [5.74, 6) is 0.671. The van der Waals surface area contributed by atoms with Gasteiger partial charge in [-0.15, -0.1) is 23.7 Å². The molecule has 1 amide bonds. The lowest BCUT2D eigenvalue weighted by Gasteiger charge is -2.16. The van der Waals surface area contributed by atoms with Gasteiger partial charge in [-0.2, -0.15) is 0 Å². The number of ether oxygens (including phenoxy) is 1. The van der Waals surface area contributed by atoms with Gasteiger partial charge >= 0.3 is 0 Å². The number of carbonyl (C=O) groups is 1. The Morgan fingerprint density at radius 2 is 2.36 bits per heavy atom. The van der Waals surface area contributed by atoms with Gasteiger partial charge in [-0.1, -0.05) is 13.8 Å². The highest BCUT2D eigenvalue weighted by atomic mass is 35.5. The third-order valence-electron chi connectivity index (χ3n) is 3.61. The molecule has 0 radical (unpaired) electrons. The van der Waals surface area contributed by atoms with E-state index >= 15 is 0 Å². The summed E-state index contributed by atoms with van der Waals surface area (Å²) >= 11 is 1.51. The molecule has 1 aromatic heterocycles. The van der Waals surface area contributed by atoms with Gasteiger partial charge in [0, 0.05) is 31.5 Å². The quantitative estimate of drug-likeness (QED) is 0.822. The van der Waals surface area contributed by atoms with E-state index in [0.717, 1.165) is 37.4 Å². The molecule has 2 rings (SSSR count). The minimum Gasteiger partial charge on any atom is -0.376 e. The van der Waals surface area contributed by atoms with Crippen molar-refractivity contribution in [2.45, 2.75) is 39.2 Å². The standard InChI is InChI=1S/C15H25N3O2S.ClH/c1-11(2)5-8-20-12-4-7-18(9-12)15(19)13-10-21-14(17-13)3-6-16;/h10-12H,3-9,16H2,1-2H3;1H. The second kappa shape index (κ2) is 9.45. The first-order valence-corrected chi connectivity index (χ1v) is 8.53. The van der Waals surface area contributed by atoms with Crippen molar-refractivity contribution >= 4 is 29.7 Å². The summed E-state index contributed by atoms with van der Waals surface area (Å²) in [6.07, 6.45) is 2.90. The second-order valence-corrected chi connectivity index (χ2v) is 6.82. The molecular formula is C15H26ClN3O2S. The van der Waals surface area contributed by atoms with Crippen LogP contribution in [-0.4, -0.2) is 48.1 Å². The van der Waals surface area contributed by atoms with Crippen LogP contribution in [0.5, 0.6) is 0 Å². The summed E-state index contributed by atoms with van der Waals surface area (Å²) in [5, 5.41) is 2.77. The van der Waals surface area contributed by atoms with Crippen LogP contribution in [0.25, 0.3) is 0 Å². The maximum absolute atomic E-state index is 12.4. The summed E-state index contributed by atoms with van der Waals surface area (Å²) in [6.45, 7) is 7.16. The lowest BCUT2D eigenvalue weighted by molar-refractivity contribution is 0.0482. The fourth-order valence-electron chi connectivity index (χ4n) is 2.33. The van der Waals surface area contributed by atoms with Crippen LogP contribution >= 0.6 is 23.7 Å². The van der Waals surface area contributed by atoms with Crippen molar-refractivity contribution < 1.29 is 9.53 Å². The van der Waals surface area contributed by atoms with E-state index in [0.29, 0.717) is 24.7 Å². The van der Waals surface area contributed by atoms with E-state index in [1.165, 1.54) is 11.3 Å². The van der Waals surface area contributed by atoms with Crippen molar-refractivity contribution in [1.29, 1.82) is 0 Å². The molecular weight excluding hydrogens is 322 g/mol. The normalized spacial score (nSPS) is 17.8. The average Bonchev–Trinajstić information content (AvgIpc) is 3.07. The predicted octanol–water partition coefficient (Wildman–Crippen LogP) is 2.34. The van der Waals surface area contributed by atoms with Crippen LogP contribution in [0, 0.1) is 5.92 Å². The summed E-state index contributed by atoms with van der Waals surface area (Å²) < 4.78 is 5.85. The molecule has 2 heterocycles. The smallest absolute Gasteiger partial charge is 0.273 e. The van der Waals surface area contributed by atoms with E-state index in [-0.39, 0.29) is 24.4 Å². The number of amides is 1. The summed E-state index contributed by atoms with van der Waals surface area (Å²) in [6, 6.07) is 0. The first-order chi connectivity index (χ1) is 10.1. The van der Waals surface area contributed by atoms with E-state index in [4.69, 9.17) is 10.5 Å². The average molecular weight is 348 g/mol. The molecule has 2 N–H and O–H groups in total. The summed E-state index contributed by atoms with van der Waals surface area (Å²) in [4.78, 5) is 18.6. The van der Waals surface area contributed by atoms with Crippen molar-refractivity contribution in [3.8, 4) is 0 Å². The van der Waals surface area contributed by atoms with Crippen LogP contribution in [0.1, 0.15) is 42.2 Å². The van der Waals surface area contributed by atoms with Gasteiger partial charge in [0.05, 0.1) is 11.1 Å². The van der Waals surface area contributed by atoms with Crippen molar-refractivity contribution in [2.24, 2.45) is 11.7 Å². The van der Waals surface area contributed by atoms with Crippen molar-refractivity contribution in [2.75, 3.05) is 26.2 Å². The zero-order valence-corrected chi connectivity index (χ0v) is 14.9. The van der Waals surface area contributed by atoms with Gasteiger partial charge < -0.3 is 15.4 Å². The van der Waals surface area contributed by atoms with Crippen LogP contribution in [0.3, 0.4) is 0 Å². The number of halogens is 1. The molecule has 1 atom stereocenters. The van der Waals surface area contributed by atoms with Crippen molar-refractivity contribution in [3.05, 3.63) is 16.1 Å². The molecule has 0 bridgehead atoms. The number of carbonyl (C=O) groups excluding carboxylic acids is 1. The molecule has 1 aromatic rings. The van der Waals surface area contributed by atoms with Gasteiger partial charge in [-0.05, 0) is 25.3 Å². The number of nitrogens with two attached hydrogens (primary N) is 1. The second-order valence-electron chi connectivity index (χ2n) is 5.88. The minimum absolute atomic E-state index is 0. The Balaban J connectivity index is 0.00000242. The number of rotatable bonds is 7. The number of nitrogens with zero attached hydrogens (tertiary/aromatic N) is 2. The van der Waals surface area contributed by atoms with Crippen LogP contribution < -0.4 is 5.73 Å². The Kier molecular flexibility index (Phi) is 8.31. The van der Waals surface area contributed by atoms with Crippen molar-refractivity contribution in [1.82, 2.24) is 9.88 Å². The van der Waals surface area contributed by atoms with Gasteiger partial charge in [-0.25, -0.2) is 4.98 Å². The van der Waals surface area contributed by atoms with Crippen LogP contribution in [0.15, 0.2) is 5.38 Å². The van der Waals surface area contributed by atoms with Crippen LogP contribution in [0.2, 0.25) is 0 Å². The number of hydrogen-bond acceptors (Lipinski definition) is 5. The fraction of sp³-hybridized carbons (Fsp3) is 0.733. The molecule has 0 saturated carbocycles. The zero-order chi connectivity index (χ0) is 15.2. The number of likely N-dealkylation sites (tertiary alicyclic amines) is 1. The maximum atomic E-state index is 12.4.